The molecule has 0 aliphatic carbocycles. The maximum Gasteiger partial charge on any atom is 0.447 e. The summed E-state index contributed by atoms with van der Waals surface area (Å²) in [4.78, 5) is 3.70. The zero-order valence-corrected chi connectivity index (χ0v) is 15.1. The second-order valence-electron chi connectivity index (χ2n) is 5.25. The molecule has 0 bridgehead atoms. The lowest BCUT2D eigenvalue weighted by Gasteiger charge is -2.06. The van der Waals surface area contributed by atoms with Gasteiger partial charge in [0.15, 0.2) is 0 Å². The first-order valence-electron chi connectivity index (χ1n) is 7.41. The lowest BCUT2D eigenvalue weighted by Crippen LogP contribution is -1.98. The predicted octanol–water partition coefficient (Wildman–Crippen LogP) is 6.75. The third-order valence-electron chi connectivity index (χ3n) is 3.50. The summed E-state index contributed by atoms with van der Waals surface area (Å²) in [5.74, 6) is -0.406. The SMILES string of the molecule is COSc1ccc(-c2[nH]c(SC(F)(F)F)cc2-c2ccc(F)cc2)cc1. The lowest BCUT2D eigenvalue weighted by molar-refractivity contribution is -0.0329. The van der Waals surface area contributed by atoms with Crippen LogP contribution in [0.2, 0.25) is 0 Å². The van der Waals surface area contributed by atoms with Gasteiger partial charge in [-0.2, -0.15) is 13.2 Å². The Morgan fingerprint density at radius 1 is 0.923 bits per heavy atom. The van der Waals surface area contributed by atoms with Crippen molar-refractivity contribution < 1.29 is 21.7 Å². The summed E-state index contributed by atoms with van der Waals surface area (Å²) in [6.07, 6.45) is 0. The molecule has 2 nitrogen and oxygen atoms in total. The Balaban J connectivity index is 2.05. The maximum atomic E-state index is 13.2. The molecule has 0 saturated heterocycles. The molecule has 8 heteroatoms. The molecular formula is C18H13F4NOS2. The number of thioether (sulfide) groups is 1. The van der Waals surface area contributed by atoms with E-state index in [-0.39, 0.29) is 16.8 Å². The fourth-order valence-electron chi connectivity index (χ4n) is 2.47. The van der Waals surface area contributed by atoms with Gasteiger partial charge in [0.2, 0.25) is 0 Å². The Bertz CT molecular complexity index is 874. The highest BCUT2D eigenvalue weighted by atomic mass is 32.2. The fraction of sp³-hybridized carbons (Fsp3) is 0.111. The van der Waals surface area contributed by atoms with Crippen molar-refractivity contribution in [2.45, 2.75) is 15.4 Å². The first-order valence-corrected chi connectivity index (χ1v) is 8.97. The molecule has 3 rings (SSSR count). The van der Waals surface area contributed by atoms with Crippen LogP contribution in [0.4, 0.5) is 17.6 Å². The quantitative estimate of drug-likeness (QED) is 0.292. The maximum absolute atomic E-state index is 13.2. The summed E-state index contributed by atoms with van der Waals surface area (Å²) in [6.45, 7) is 0. The van der Waals surface area contributed by atoms with Gasteiger partial charge in [-0.15, -0.1) is 0 Å². The van der Waals surface area contributed by atoms with Gasteiger partial charge >= 0.3 is 5.51 Å². The van der Waals surface area contributed by atoms with Crippen LogP contribution < -0.4 is 0 Å². The van der Waals surface area contributed by atoms with E-state index in [4.69, 9.17) is 4.18 Å². The molecule has 26 heavy (non-hydrogen) atoms. The molecule has 3 aromatic rings. The molecule has 0 amide bonds. The summed E-state index contributed by atoms with van der Waals surface area (Å²) >= 11 is 0.975. The van der Waals surface area contributed by atoms with Crippen molar-refractivity contribution in [1.29, 1.82) is 0 Å². The molecule has 0 unspecified atom stereocenters. The van der Waals surface area contributed by atoms with Crippen molar-refractivity contribution in [2.75, 3.05) is 7.11 Å². The van der Waals surface area contributed by atoms with E-state index in [0.717, 1.165) is 10.5 Å². The van der Waals surface area contributed by atoms with Gasteiger partial charge < -0.3 is 9.17 Å². The number of rotatable bonds is 5. The molecular weight excluding hydrogens is 386 g/mol. The van der Waals surface area contributed by atoms with Gasteiger partial charge in [0, 0.05) is 34.3 Å². The van der Waals surface area contributed by atoms with Crippen LogP contribution in [0.25, 0.3) is 22.4 Å². The van der Waals surface area contributed by atoms with E-state index < -0.39 is 11.3 Å². The average Bonchev–Trinajstić information content (AvgIpc) is 2.98. The summed E-state index contributed by atoms with van der Waals surface area (Å²) in [5, 5.41) is -0.0258. The van der Waals surface area contributed by atoms with Crippen LogP contribution in [0.5, 0.6) is 0 Å². The van der Waals surface area contributed by atoms with Gasteiger partial charge in [0.1, 0.15) is 5.82 Å². The molecule has 0 spiro atoms. The van der Waals surface area contributed by atoms with Crippen LogP contribution in [-0.4, -0.2) is 17.6 Å². The van der Waals surface area contributed by atoms with Crippen LogP contribution in [0.3, 0.4) is 0 Å². The number of nitrogens with one attached hydrogen (secondary N) is 1. The van der Waals surface area contributed by atoms with Crippen molar-refractivity contribution in [1.82, 2.24) is 4.98 Å². The number of halogens is 4. The standard InChI is InChI=1S/C18H13F4NOS2/c1-24-26-14-8-4-12(5-9-14)17-15(11-2-6-13(19)7-3-11)10-16(23-17)25-18(20,21)22/h2-10,23H,1H3. The number of alkyl halides is 3. The van der Waals surface area contributed by atoms with Gasteiger partial charge in [-0.25, -0.2) is 4.39 Å². The summed E-state index contributed by atoms with van der Waals surface area (Å²) in [5.41, 5.74) is -1.94. The van der Waals surface area contributed by atoms with Gasteiger partial charge in [-0.05, 0) is 41.5 Å². The molecule has 136 valence electrons. The third kappa shape index (κ3) is 4.63. The van der Waals surface area contributed by atoms with Gasteiger partial charge in [0.05, 0.1) is 17.8 Å². The first-order chi connectivity index (χ1) is 12.4. The van der Waals surface area contributed by atoms with E-state index >= 15 is 0 Å². The van der Waals surface area contributed by atoms with Crippen molar-refractivity contribution in [3.8, 4) is 22.4 Å². The average molecular weight is 399 g/mol. The zero-order chi connectivity index (χ0) is 18.7. The second-order valence-corrected chi connectivity index (χ2v) is 7.33. The fourth-order valence-corrected chi connectivity index (χ4v) is 3.49. The Hall–Kier alpha value is -1.90. The number of hydrogen-bond donors (Lipinski definition) is 1. The Labute approximate surface area is 156 Å². The Morgan fingerprint density at radius 3 is 2.12 bits per heavy atom. The van der Waals surface area contributed by atoms with E-state index in [0.29, 0.717) is 16.8 Å². The molecule has 1 aromatic heterocycles. The number of aromatic amines is 1. The molecule has 1 heterocycles. The number of hydrogen-bond acceptors (Lipinski definition) is 3. The largest absolute Gasteiger partial charge is 0.447 e. The molecule has 0 fully saturated rings. The summed E-state index contributed by atoms with van der Waals surface area (Å²) in [6, 6.07) is 14.3. The van der Waals surface area contributed by atoms with Crippen LogP contribution in [0.15, 0.2) is 64.5 Å². The van der Waals surface area contributed by atoms with Crippen molar-refractivity contribution in [3.63, 3.8) is 0 Å². The van der Waals surface area contributed by atoms with E-state index in [9.17, 15) is 17.6 Å². The van der Waals surface area contributed by atoms with E-state index in [1.807, 2.05) is 12.1 Å². The molecule has 0 atom stereocenters. The van der Waals surface area contributed by atoms with E-state index in [2.05, 4.69) is 4.98 Å². The minimum absolute atomic E-state index is 0.0258. The van der Waals surface area contributed by atoms with Crippen molar-refractivity contribution in [2.24, 2.45) is 0 Å². The van der Waals surface area contributed by atoms with Crippen LogP contribution >= 0.6 is 23.8 Å². The molecule has 0 radical (unpaired) electrons. The highest BCUT2D eigenvalue weighted by Gasteiger charge is 2.30. The van der Waals surface area contributed by atoms with E-state index in [1.54, 1.807) is 31.4 Å². The van der Waals surface area contributed by atoms with Gasteiger partial charge in [-0.3, -0.25) is 0 Å². The highest BCUT2D eigenvalue weighted by Crippen LogP contribution is 2.41. The molecule has 2 aromatic carbocycles. The molecule has 0 aliphatic heterocycles. The van der Waals surface area contributed by atoms with Crippen molar-refractivity contribution >= 4 is 23.8 Å². The normalized spacial score (nSPS) is 11.7. The monoisotopic (exact) mass is 399 g/mol. The van der Waals surface area contributed by atoms with Crippen molar-refractivity contribution in [3.05, 3.63) is 60.4 Å². The molecule has 0 aliphatic rings. The zero-order valence-electron chi connectivity index (χ0n) is 13.4. The topological polar surface area (TPSA) is 25.0 Å². The second kappa shape index (κ2) is 7.77. The minimum atomic E-state index is -4.40. The minimum Gasteiger partial charge on any atom is -0.349 e. The van der Waals surface area contributed by atoms with Crippen LogP contribution in [0.1, 0.15) is 0 Å². The number of benzene rings is 2. The van der Waals surface area contributed by atoms with E-state index in [1.165, 1.54) is 30.2 Å². The highest BCUT2D eigenvalue weighted by molar-refractivity contribution is 8.00. The molecule has 0 saturated carbocycles. The smallest absolute Gasteiger partial charge is 0.349 e. The Morgan fingerprint density at radius 2 is 1.54 bits per heavy atom. The summed E-state index contributed by atoms with van der Waals surface area (Å²) < 4.78 is 56.4. The Kier molecular flexibility index (Phi) is 5.64. The van der Waals surface area contributed by atoms with Crippen LogP contribution in [-0.2, 0) is 4.18 Å². The lowest BCUT2D eigenvalue weighted by atomic mass is 10.0. The number of H-pyrrole nitrogens is 1. The summed E-state index contributed by atoms with van der Waals surface area (Å²) in [7, 11) is 1.55. The number of aromatic nitrogens is 1. The van der Waals surface area contributed by atoms with Gasteiger partial charge in [-0.1, -0.05) is 24.3 Å². The first kappa shape index (κ1) is 18.9. The predicted molar refractivity (Wildman–Crippen MR) is 96.4 cm³/mol. The molecule has 1 N–H and O–H groups in total. The van der Waals surface area contributed by atoms with Crippen LogP contribution in [0, 0.1) is 5.82 Å². The third-order valence-corrected chi connectivity index (χ3v) is 4.80. The van der Waals surface area contributed by atoms with Gasteiger partial charge in [0.25, 0.3) is 0 Å².